The molecule has 2 aromatic heterocycles. The molecule has 42 heavy (non-hydrogen) atoms. The fourth-order valence-corrected chi connectivity index (χ4v) is 5.01. The second kappa shape index (κ2) is 13.8. The third-order valence-electron chi connectivity index (χ3n) is 6.82. The highest BCUT2D eigenvalue weighted by molar-refractivity contribution is 6.30. The summed E-state index contributed by atoms with van der Waals surface area (Å²) in [4.78, 5) is 34.6. The molecule has 1 aromatic carbocycles. The van der Waals surface area contributed by atoms with E-state index in [-0.39, 0.29) is 17.7 Å². The van der Waals surface area contributed by atoms with E-state index in [1.54, 1.807) is 23.6 Å². The number of nitrogens with zero attached hydrogens (tertiary/aromatic N) is 4. The van der Waals surface area contributed by atoms with Gasteiger partial charge < -0.3 is 30.2 Å². The molecule has 0 radical (unpaired) electrons. The number of carbonyl (C=O) groups is 2. The molecule has 224 valence electrons. The van der Waals surface area contributed by atoms with Gasteiger partial charge in [0, 0.05) is 57.4 Å². The monoisotopic (exact) mass is 593 g/mol. The lowest BCUT2D eigenvalue weighted by atomic mass is 9.92. The number of hydrogen-bond acceptors (Lipinski definition) is 6. The molecule has 0 saturated carbocycles. The summed E-state index contributed by atoms with van der Waals surface area (Å²) in [6.07, 6.45) is 7.90. The van der Waals surface area contributed by atoms with E-state index < -0.39 is 6.04 Å². The third-order valence-corrected chi connectivity index (χ3v) is 7.05. The molecule has 11 heteroatoms. The highest BCUT2D eigenvalue weighted by Gasteiger charge is 2.27. The van der Waals surface area contributed by atoms with Crippen molar-refractivity contribution in [3.63, 3.8) is 0 Å². The molecule has 1 atom stereocenters. The standard InChI is InChI=1S/C22H22ClN5O.C9H18N2O2/c1-3-25-22(29)27-21(20-12-24-13-28(20)2)18-9-15-5-4-8-26-19(15)10-14-6-7-16(23)11-17(14)18;1-9(2,3)13-8(12)11-6-4-10-5-7-11/h4-9,11-13,21H,3,10H2,1-2H3,(H2,25,27,29);10H,4-7H2,1-3H3. The minimum absolute atomic E-state index is 0.200. The molecule has 3 heterocycles. The number of urea groups is 1. The number of amides is 3. The number of aryl methyl sites for hydroxylation is 1. The molecule has 10 nitrogen and oxygen atoms in total. The van der Waals surface area contributed by atoms with E-state index in [1.807, 2.05) is 69.6 Å². The maximum atomic E-state index is 12.5. The van der Waals surface area contributed by atoms with Crippen molar-refractivity contribution >= 4 is 35.4 Å². The van der Waals surface area contributed by atoms with E-state index in [0.29, 0.717) is 18.0 Å². The predicted molar refractivity (Wildman–Crippen MR) is 165 cm³/mol. The van der Waals surface area contributed by atoms with Crippen molar-refractivity contribution in [1.29, 1.82) is 0 Å². The first-order valence-electron chi connectivity index (χ1n) is 14.2. The van der Waals surface area contributed by atoms with Gasteiger partial charge in [-0.05, 0) is 74.2 Å². The zero-order chi connectivity index (χ0) is 30.3. The summed E-state index contributed by atoms with van der Waals surface area (Å²) in [5.41, 5.74) is 5.57. The normalized spacial score (nSPS) is 15.1. The van der Waals surface area contributed by atoms with E-state index in [0.717, 1.165) is 59.8 Å². The van der Waals surface area contributed by atoms with Gasteiger partial charge in [-0.15, -0.1) is 0 Å². The molecular formula is C31H40ClN7O3. The van der Waals surface area contributed by atoms with E-state index in [2.05, 4.69) is 32.0 Å². The number of nitrogens with one attached hydrogen (secondary N) is 3. The van der Waals surface area contributed by atoms with Crippen molar-refractivity contribution < 1.29 is 14.3 Å². The number of piperazine rings is 1. The Kier molecular flexibility index (Phi) is 10.2. The van der Waals surface area contributed by atoms with Crippen LogP contribution < -0.4 is 16.0 Å². The third kappa shape index (κ3) is 8.10. The lowest BCUT2D eigenvalue weighted by Gasteiger charge is -2.30. The van der Waals surface area contributed by atoms with E-state index in [4.69, 9.17) is 16.3 Å². The highest BCUT2D eigenvalue weighted by atomic mass is 35.5. The van der Waals surface area contributed by atoms with Gasteiger partial charge in [0.2, 0.25) is 0 Å². The fraction of sp³-hybridized carbons (Fsp3) is 0.419. The molecule has 3 N–H and O–H groups in total. The Morgan fingerprint density at radius 2 is 1.95 bits per heavy atom. The van der Waals surface area contributed by atoms with Gasteiger partial charge in [0.05, 0.1) is 30.0 Å². The summed E-state index contributed by atoms with van der Waals surface area (Å²) < 4.78 is 7.15. The second-order valence-electron chi connectivity index (χ2n) is 11.2. The molecule has 1 fully saturated rings. The Balaban J connectivity index is 0.000000262. The Hall–Kier alpha value is -3.89. The topological polar surface area (TPSA) is 113 Å². The summed E-state index contributed by atoms with van der Waals surface area (Å²) in [5.74, 6) is 0. The van der Waals surface area contributed by atoms with Crippen LogP contribution in [0.15, 0.2) is 49.1 Å². The number of hydrogen-bond donors (Lipinski definition) is 3. The number of imidazole rings is 1. The summed E-state index contributed by atoms with van der Waals surface area (Å²) in [5, 5.41) is 9.76. The first-order valence-corrected chi connectivity index (χ1v) is 14.6. The number of fused-ring (bicyclic) bond motifs is 2. The van der Waals surface area contributed by atoms with Crippen LogP contribution in [0.2, 0.25) is 5.02 Å². The molecule has 0 spiro atoms. The number of pyridine rings is 1. The van der Waals surface area contributed by atoms with Crippen LogP contribution in [-0.4, -0.2) is 69.9 Å². The van der Waals surface area contributed by atoms with Gasteiger partial charge in [-0.3, -0.25) is 4.98 Å². The van der Waals surface area contributed by atoms with Crippen LogP contribution in [0.1, 0.15) is 61.8 Å². The zero-order valence-electron chi connectivity index (χ0n) is 24.9. The summed E-state index contributed by atoms with van der Waals surface area (Å²) in [7, 11) is 1.92. The molecule has 2 aliphatic rings. The number of carbonyl (C=O) groups excluding carboxylic acids is 2. The number of ether oxygens (including phenoxy) is 1. The predicted octanol–water partition coefficient (Wildman–Crippen LogP) is 4.80. The van der Waals surface area contributed by atoms with Crippen LogP contribution in [-0.2, 0) is 18.2 Å². The first kappa shape index (κ1) is 31.1. The van der Waals surface area contributed by atoms with Crippen molar-refractivity contribution in [3.8, 4) is 0 Å². The average Bonchev–Trinajstić information content (AvgIpc) is 3.30. The lowest BCUT2D eigenvalue weighted by molar-refractivity contribution is 0.0229. The molecular weight excluding hydrogens is 554 g/mol. The second-order valence-corrected chi connectivity index (χ2v) is 11.6. The van der Waals surface area contributed by atoms with Gasteiger partial charge in [0.25, 0.3) is 0 Å². The average molecular weight is 594 g/mol. The first-order chi connectivity index (χ1) is 20.1. The zero-order valence-corrected chi connectivity index (χ0v) is 25.7. The van der Waals surface area contributed by atoms with Crippen LogP contribution in [0.3, 0.4) is 0 Å². The maximum absolute atomic E-state index is 12.5. The number of benzene rings is 1. The smallest absolute Gasteiger partial charge is 0.410 e. The van der Waals surface area contributed by atoms with Crippen LogP contribution in [0, 0.1) is 0 Å². The summed E-state index contributed by atoms with van der Waals surface area (Å²) in [6.45, 7) is 11.3. The quantitative estimate of drug-likeness (QED) is 0.400. The molecule has 5 rings (SSSR count). The van der Waals surface area contributed by atoms with Crippen molar-refractivity contribution in [2.45, 2.75) is 45.8 Å². The maximum Gasteiger partial charge on any atom is 0.410 e. The van der Waals surface area contributed by atoms with Crippen molar-refractivity contribution in [3.05, 3.63) is 82.2 Å². The Morgan fingerprint density at radius 1 is 1.19 bits per heavy atom. The van der Waals surface area contributed by atoms with Crippen molar-refractivity contribution in [2.24, 2.45) is 7.05 Å². The van der Waals surface area contributed by atoms with Gasteiger partial charge in [-0.2, -0.15) is 0 Å². The van der Waals surface area contributed by atoms with Crippen LogP contribution in [0.4, 0.5) is 9.59 Å². The van der Waals surface area contributed by atoms with E-state index >= 15 is 0 Å². The van der Waals surface area contributed by atoms with Gasteiger partial charge >= 0.3 is 12.1 Å². The Labute approximate surface area is 252 Å². The van der Waals surface area contributed by atoms with E-state index in [9.17, 15) is 9.59 Å². The van der Waals surface area contributed by atoms with Crippen molar-refractivity contribution in [1.82, 2.24) is 35.4 Å². The minimum Gasteiger partial charge on any atom is -0.444 e. The number of halogens is 1. The molecule has 0 bridgehead atoms. The summed E-state index contributed by atoms with van der Waals surface area (Å²) in [6, 6.07) is 9.20. The van der Waals surface area contributed by atoms with Crippen LogP contribution >= 0.6 is 11.6 Å². The number of aromatic nitrogens is 3. The van der Waals surface area contributed by atoms with Crippen molar-refractivity contribution in [2.75, 3.05) is 32.7 Å². The van der Waals surface area contributed by atoms with Gasteiger partial charge in [0.1, 0.15) is 5.60 Å². The molecule has 1 aliphatic carbocycles. The van der Waals surface area contributed by atoms with Crippen LogP contribution in [0.5, 0.6) is 0 Å². The number of rotatable bonds is 4. The molecule has 3 aromatic rings. The molecule has 1 aliphatic heterocycles. The lowest BCUT2D eigenvalue weighted by Crippen LogP contribution is -2.48. The highest BCUT2D eigenvalue weighted by Crippen LogP contribution is 2.38. The molecule has 1 unspecified atom stereocenters. The van der Waals surface area contributed by atoms with Crippen LogP contribution in [0.25, 0.3) is 11.6 Å². The fourth-order valence-electron chi connectivity index (χ4n) is 4.84. The Bertz CT molecular complexity index is 1420. The minimum atomic E-state index is -0.405. The molecule has 1 saturated heterocycles. The Morgan fingerprint density at radius 3 is 2.62 bits per heavy atom. The van der Waals surface area contributed by atoms with Gasteiger partial charge in [-0.25, -0.2) is 14.6 Å². The summed E-state index contributed by atoms with van der Waals surface area (Å²) >= 11 is 6.36. The molecule has 3 amide bonds. The van der Waals surface area contributed by atoms with Gasteiger partial charge in [0.15, 0.2) is 0 Å². The van der Waals surface area contributed by atoms with Gasteiger partial charge in [-0.1, -0.05) is 23.7 Å². The van der Waals surface area contributed by atoms with E-state index in [1.165, 1.54) is 0 Å². The SMILES string of the molecule is CC(C)(C)OC(=O)N1CCNCC1.CCNC(=O)NC(C1=Cc2cccnc2Cc2ccc(Cl)cc21)c1cncn1C. The largest absolute Gasteiger partial charge is 0.444 e.